The van der Waals surface area contributed by atoms with Gasteiger partial charge in [0, 0.05) is 26.2 Å². The molecule has 178 valence electrons. The topological polar surface area (TPSA) is 104 Å². The molecule has 0 bridgehead atoms. The Labute approximate surface area is 203 Å². The van der Waals surface area contributed by atoms with Crippen molar-refractivity contribution in [3.63, 3.8) is 0 Å². The number of rotatable bonds is 6. The van der Waals surface area contributed by atoms with Crippen molar-refractivity contribution in [1.82, 2.24) is 4.31 Å². The molecule has 1 amide bonds. The molecule has 0 radical (unpaired) electrons. The predicted molar refractivity (Wildman–Crippen MR) is 131 cm³/mol. The highest BCUT2D eigenvalue weighted by molar-refractivity contribution is 7.92. The minimum Gasteiger partial charge on any atom is -0.321 e. The van der Waals surface area contributed by atoms with Crippen molar-refractivity contribution in [2.45, 2.75) is 16.2 Å². The zero-order chi connectivity index (χ0) is 24.7. The Hall–Kier alpha value is -2.92. The summed E-state index contributed by atoms with van der Waals surface area (Å²) >= 11 is 6.17. The number of para-hydroxylation sites is 1. The van der Waals surface area contributed by atoms with Crippen molar-refractivity contribution in [3.8, 4) is 0 Å². The van der Waals surface area contributed by atoms with E-state index in [4.69, 9.17) is 11.6 Å². The minimum absolute atomic E-state index is 0.0214. The van der Waals surface area contributed by atoms with Crippen LogP contribution in [0.15, 0.2) is 76.5 Å². The molecular formula is C23H22ClN3O5S2. The van der Waals surface area contributed by atoms with Crippen LogP contribution in [0.2, 0.25) is 5.02 Å². The molecule has 0 saturated carbocycles. The number of nitrogens with zero attached hydrogens (tertiary/aromatic N) is 2. The first kappa shape index (κ1) is 24.2. The van der Waals surface area contributed by atoms with Gasteiger partial charge in [-0.1, -0.05) is 35.9 Å². The van der Waals surface area contributed by atoms with E-state index >= 15 is 0 Å². The lowest BCUT2D eigenvalue weighted by Gasteiger charge is -2.20. The fourth-order valence-corrected chi connectivity index (χ4v) is 6.29. The van der Waals surface area contributed by atoms with Gasteiger partial charge in [0.2, 0.25) is 10.0 Å². The summed E-state index contributed by atoms with van der Waals surface area (Å²) in [5, 5.41) is 2.72. The van der Waals surface area contributed by atoms with Gasteiger partial charge in [0.25, 0.3) is 15.9 Å². The van der Waals surface area contributed by atoms with Crippen LogP contribution in [0.1, 0.15) is 15.9 Å². The number of sulfonamides is 2. The van der Waals surface area contributed by atoms with E-state index in [9.17, 15) is 21.6 Å². The van der Waals surface area contributed by atoms with Gasteiger partial charge in [0.1, 0.15) is 0 Å². The Morgan fingerprint density at radius 3 is 2.41 bits per heavy atom. The lowest BCUT2D eigenvalue weighted by atomic mass is 10.2. The van der Waals surface area contributed by atoms with Crippen molar-refractivity contribution in [3.05, 3.63) is 82.9 Å². The lowest BCUT2D eigenvalue weighted by Crippen LogP contribution is -2.29. The zero-order valence-corrected chi connectivity index (χ0v) is 20.8. The van der Waals surface area contributed by atoms with Gasteiger partial charge < -0.3 is 5.32 Å². The average Bonchev–Trinajstić information content (AvgIpc) is 3.25. The van der Waals surface area contributed by atoms with Crippen LogP contribution >= 0.6 is 11.6 Å². The SMILES string of the molecule is CN(C)S(=O)(=O)c1ccc(Cl)c(NC(=O)c2cccc(S(=O)(=O)N3CCc4ccccc43)c2)c1. The molecule has 1 N–H and O–H groups in total. The summed E-state index contributed by atoms with van der Waals surface area (Å²) in [7, 11) is -4.83. The first-order chi connectivity index (χ1) is 16.0. The molecule has 0 aromatic heterocycles. The molecule has 4 rings (SSSR count). The normalized spacial score (nSPS) is 13.7. The third-order valence-electron chi connectivity index (χ3n) is 5.49. The minimum atomic E-state index is -3.88. The summed E-state index contributed by atoms with van der Waals surface area (Å²) in [6, 6.07) is 17.0. The van der Waals surface area contributed by atoms with Gasteiger partial charge in [0.15, 0.2) is 0 Å². The Kier molecular flexibility index (Phi) is 6.43. The van der Waals surface area contributed by atoms with E-state index in [-0.39, 0.29) is 26.1 Å². The quantitative estimate of drug-likeness (QED) is 0.536. The van der Waals surface area contributed by atoms with Crippen molar-refractivity contribution in [1.29, 1.82) is 0 Å². The zero-order valence-electron chi connectivity index (χ0n) is 18.4. The predicted octanol–water partition coefficient (Wildman–Crippen LogP) is 3.59. The van der Waals surface area contributed by atoms with Crippen molar-refractivity contribution in [2.75, 3.05) is 30.3 Å². The van der Waals surface area contributed by atoms with Gasteiger partial charge in [-0.15, -0.1) is 0 Å². The number of anilines is 2. The number of benzene rings is 3. The van der Waals surface area contributed by atoms with E-state index in [2.05, 4.69) is 5.32 Å². The summed E-state index contributed by atoms with van der Waals surface area (Å²) in [5.74, 6) is -0.625. The van der Waals surface area contributed by atoms with Gasteiger partial charge in [-0.05, 0) is 54.4 Å². The van der Waals surface area contributed by atoms with Crippen LogP contribution < -0.4 is 9.62 Å². The largest absolute Gasteiger partial charge is 0.321 e. The Balaban J connectivity index is 1.63. The highest BCUT2D eigenvalue weighted by atomic mass is 35.5. The smallest absolute Gasteiger partial charge is 0.264 e. The van der Waals surface area contributed by atoms with Crippen LogP contribution in [0.4, 0.5) is 11.4 Å². The second-order valence-electron chi connectivity index (χ2n) is 7.87. The van der Waals surface area contributed by atoms with Crippen molar-refractivity contribution < 1.29 is 21.6 Å². The lowest BCUT2D eigenvalue weighted by molar-refractivity contribution is 0.102. The number of fused-ring (bicyclic) bond motifs is 1. The third kappa shape index (κ3) is 4.41. The highest BCUT2D eigenvalue weighted by Crippen LogP contribution is 2.33. The van der Waals surface area contributed by atoms with E-state index in [1.807, 2.05) is 12.1 Å². The summed E-state index contributed by atoms with van der Waals surface area (Å²) in [5.41, 5.74) is 1.76. The van der Waals surface area contributed by atoms with Crippen LogP contribution in [0.5, 0.6) is 0 Å². The second-order valence-corrected chi connectivity index (χ2v) is 12.3. The average molecular weight is 520 g/mol. The standard InChI is InChI=1S/C23H22ClN3O5S2/c1-26(2)33(29,30)19-10-11-20(24)21(15-19)25-23(28)17-7-5-8-18(14-17)34(31,32)27-13-12-16-6-3-4-9-22(16)27/h3-11,14-15H,12-13H2,1-2H3,(H,25,28). The number of hydrogen-bond acceptors (Lipinski definition) is 5. The summed E-state index contributed by atoms with van der Waals surface area (Å²) in [6.45, 7) is 0.320. The first-order valence-corrected chi connectivity index (χ1v) is 13.5. The number of amides is 1. The summed E-state index contributed by atoms with van der Waals surface area (Å²) in [6.07, 6.45) is 0.611. The maximum atomic E-state index is 13.3. The third-order valence-corrected chi connectivity index (χ3v) is 9.44. The van der Waals surface area contributed by atoms with E-state index in [1.165, 1.54) is 60.9 Å². The van der Waals surface area contributed by atoms with E-state index < -0.39 is 26.0 Å². The van der Waals surface area contributed by atoms with Crippen LogP contribution in [0.25, 0.3) is 0 Å². The van der Waals surface area contributed by atoms with E-state index in [0.717, 1.165) is 9.87 Å². The number of carbonyl (C=O) groups excluding carboxylic acids is 1. The molecule has 0 unspecified atom stereocenters. The molecule has 1 heterocycles. The van der Waals surface area contributed by atoms with Crippen LogP contribution in [0, 0.1) is 0 Å². The van der Waals surface area contributed by atoms with Crippen LogP contribution in [0.3, 0.4) is 0 Å². The number of nitrogens with one attached hydrogen (secondary N) is 1. The monoisotopic (exact) mass is 519 g/mol. The maximum Gasteiger partial charge on any atom is 0.264 e. The van der Waals surface area contributed by atoms with Gasteiger partial charge in [-0.3, -0.25) is 9.10 Å². The van der Waals surface area contributed by atoms with Crippen molar-refractivity contribution in [2.24, 2.45) is 0 Å². The molecule has 1 aliphatic rings. The number of carbonyl (C=O) groups is 1. The van der Waals surface area contributed by atoms with Gasteiger partial charge in [0.05, 0.1) is 26.2 Å². The molecule has 0 fully saturated rings. The second kappa shape index (κ2) is 9.03. The molecule has 3 aromatic rings. The summed E-state index contributed by atoms with van der Waals surface area (Å²) < 4.78 is 53.8. The van der Waals surface area contributed by atoms with E-state index in [1.54, 1.807) is 12.1 Å². The molecular weight excluding hydrogens is 498 g/mol. The fourth-order valence-electron chi connectivity index (χ4n) is 3.65. The highest BCUT2D eigenvalue weighted by Gasteiger charge is 2.31. The molecule has 0 spiro atoms. The number of halogens is 1. The maximum absolute atomic E-state index is 13.3. The van der Waals surface area contributed by atoms with E-state index in [0.29, 0.717) is 18.7 Å². The Morgan fingerprint density at radius 1 is 0.941 bits per heavy atom. The van der Waals surface area contributed by atoms with Gasteiger partial charge in [-0.25, -0.2) is 21.1 Å². The molecule has 8 nitrogen and oxygen atoms in total. The molecule has 0 aliphatic carbocycles. The van der Waals surface area contributed by atoms with Crippen LogP contribution in [-0.2, 0) is 26.5 Å². The Morgan fingerprint density at radius 2 is 1.68 bits per heavy atom. The summed E-state index contributed by atoms with van der Waals surface area (Å²) in [4.78, 5) is 12.9. The number of hydrogen-bond donors (Lipinski definition) is 1. The molecule has 1 aliphatic heterocycles. The Bertz CT molecular complexity index is 1490. The van der Waals surface area contributed by atoms with Crippen LogP contribution in [-0.4, -0.2) is 47.7 Å². The molecule has 3 aromatic carbocycles. The van der Waals surface area contributed by atoms with Gasteiger partial charge in [-0.2, -0.15) is 0 Å². The van der Waals surface area contributed by atoms with Crippen molar-refractivity contribution >= 4 is 48.9 Å². The first-order valence-electron chi connectivity index (χ1n) is 10.3. The van der Waals surface area contributed by atoms with Gasteiger partial charge >= 0.3 is 0 Å². The molecule has 0 atom stereocenters. The molecule has 11 heteroatoms. The fraction of sp³-hybridized carbons (Fsp3) is 0.174. The molecule has 0 saturated heterocycles. The molecule has 34 heavy (non-hydrogen) atoms.